The topological polar surface area (TPSA) is 54.4 Å². The predicted molar refractivity (Wildman–Crippen MR) is 28.3 cm³/mol. The van der Waals surface area contributed by atoms with Gasteiger partial charge >= 0.3 is 29.8 Å². The second-order valence-corrected chi connectivity index (χ2v) is 2.32. The van der Waals surface area contributed by atoms with Crippen LogP contribution in [0.4, 0.5) is 30.7 Å². The smallest absolute Gasteiger partial charge is 0.423 e. The number of rotatable bonds is 2. The van der Waals surface area contributed by atoms with Gasteiger partial charge in [0.2, 0.25) is 0 Å². The molecule has 0 saturated carbocycles. The minimum Gasteiger partial charge on any atom is -0.480 e. The molecule has 15 heavy (non-hydrogen) atoms. The maximum atomic E-state index is 11.8. The lowest BCUT2D eigenvalue weighted by Gasteiger charge is -2.28. The Morgan fingerprint density at radius 3 is 1.13 bits per heavy atom. The molecule has 1 N–H and O–H groups in total. The highest BCUT2D eigenvalue weighted by Gasteiger charge is 2.81. The summed E-state index contributed by atoms with van der Waals surface area (Å²) in [7, 11) is 0. The van der Waals surface area contributed by atoms with Gasteiger partial charge in [-0.15, -0.1) is 0 Å². The summed E-state index contributed by atoms with van der Waals surface area (Å²) in [5, 5.41) is 7.76. The van der Waals surface area contributed by atoms with Crippen LogP contribution in [-0.2, 0) is 9.59 Å². The summed E-state index contributed by atoms with van der Waals surface area (Å²) < 4.78 is 82.7. The lowest BCUT2D eigenvalue weighted by molar-refractivity contribution is -0.319. The van der Waals surface area contributed by atoms with Crippen molar-refractivity contribution in [1.82, 2.24) is 0 Å². The Balaban J connectivity index is 5.97. The first-order valence-electron chi connectivity index (χ1n) is 2.95. The highest BCUT2D eigenvalue weighted by Crippen LogP contribution is 2.51. The van der Waals surface area contributed by atoms with E-state index in [4.69, 9.17) is 5.11 Å². The van der Waals surface area contributed by atoms with Gasteiger partial charge in [0.15, 0.2) is 0 Å². The van der Waals surface area contributed by atoms with Gasteiger partial charge in [0.05, 0.1) is 0 Å². The van der Waals surface area contributed by atoms with E-state index in [2.05, 4.69) is 0 Å². The molecule has 88 valence electrons. The Morgan fingerprint density at radius 1 is 0.867 bits per heavy atom. The van der Waals surface area contributed by atoms with Gasteiger partial charge < -0.3 is 5.11 Å². The monoisotopic (exact) mass is 242 g/mol. The van der Waals surface area contributed by atoms with Crippen molar-refractivity contribution in [2.24, 2.45) is 5.41 Å². The van der Waals surface area contributed by atoms with Crippen molar-refractivity contribution in [3.63, 3.8) is 0 Å². The Labute approximate surface area is 76.5 Å². The lowest BCUT2D eigenvalue weighted by Crippen LogP contribution is -2.59. The van der Waals surface area contributed by atoms with Gasteiger partial charge in [0, 0.05) is 0 Å². The highest BCUT2D eigenvalue weighted by molar-refractivity contribution is 6.00. The number of carbonyl (C=O) groups is 2. The molecular formula is C5HF7O3. The normalized spacial score (nSPS) is 13.8. The summed E-state index contributed by atoms with van der Waals surface area (Å²) in [6.45, 7) is 0. The number of aliphatic carboxylic acids is 1. The number of hydrogen-bond acceptors (Lipinski definition) is 2. The van der Waals surface area contributed by atoms with Crippen LogP contribution in [0.15, 0.2) is 0 Å². The number of alkyl halides is 6. The molecule has 0 atom stereocenters. The predicted octanol–water partition coefficient (Wildman–Crippen LogP) is 1.68. The number of carbonyl (C=O) groups excluding carboxylic acids is 1. The Morgan fingerprint density at radius 2 is 1.13 bits per heavy atom. The third-order valence-electron chi connectivity index (χ3n) is 1.47. The molecule has 0 bridgehead atoms. The number of halogens is 7. The van der Waals surface area contributed by atoms with Gasteiger partial charge in [-0.25, -0.2) is 0 Å². The van der Waals surface area contributed by atoms with Crippen LogP contribution in [0.25, 0.3) is 0 Å². The molecule has 0 amide bonds. The molecule has 0 aliphatic rings. The zero-order chi connectivity index (χ0) is 12.7. The average molecular weight is 242 g/mol. The zero-order valence-corrected chi connectivity index (χ0v) is 6.41. The van der Waals surface area contributed by atoms with Gasteiger partial charge in [-0.1, -0.05) is 0 Å². The van der Waals surface area contributed by atoms with Gasteiger partial charge in [-0.3, -0.25) is 9.59 Å². The Bertz CT molecular complexity index is 258. The van der Waals surface area contributed by atoms with Crippen LogP contribution in [0.5, 0.6) is 0 Å². The van der Waals surface area contributed by atoms with Crippen molar-refractivity contribution in [2.75, 3.05) is 0 Å². The number of carboxylic acid groups (broad SMARTS) is 1. The minimum absolute atomic E-state index is 3.66. The Hall–Kier alpha value is -1.35. The molecule has 0 unspecified atom stereocenters. The first-order valence-corrected chi connectivity index (χ1v) is 2.95. The van der Waals surface area contributed by atoms with Crippen LogP contribution < -0.4 is 0 Å². The fraction of sp³-hybridized carbons (Fsp3) is 0.600. The molecule has 0 spiro atoms. The summed E-state index contributed by atoms with van der Waals surface area (Å²) in [5.41, 5.74) is -6.01. The SMILES string of the molecule is O=C(O)C(C(=O)F)(C(F)(F)F)C(F)(F)F. The third-order valence-corrected chi connectivity index (χ3v) is 1.47. The maximum Gasteiger partial charge on any atom is 0.423 e. The standard InChI is InChI=1S/C5HF7O3/c6-1(13)3(2(14)15,4(7,8)9)5(10,11)12/h(H,14,15). The van der Waals surface area contributed by atoms with Crippen molar-refractivity contribution in [1.29, 1.82) is 0 Å². The molecule has 0 aliphatic carbocycles. The summed E-state index contributed by atoms with van der Waals surface area (Å²) in [6, 6.07) is -4.03. The van der Waals surface area contributed by atoms with Crippen LogP contribution in [-0.4, -0.2) is 29.5 Å². The van der Waals surface area contributed by atoms with Gasteiger partial charge in [0.25, 0.3) is 0 Å². The van der Waals surface area contributed by atoms with Crippen molar-refractivity contribution >= 4 is 12.0 Å². The molecule has 10 heteroatoms. The maximum absolute atomic E-state index is 11.8. The van der Waals surface area contributed by atoms with Crippen molar-refractivity contribution in [2.45, 2.75) is 12.4 Å². The van der Waals surface area contributed by atoms with Gasteiger partial charge in [0.1, 0.15) is 0 Å². The molecule has 0 aromatic rings. The van der Waals surface area contributed by atoms with Crippen molar-refractivity contribution in [3.8, 4) is 0 Å². The summed E-state index contributed by atoms with van der Waals surface area (Å²) >= 11 is 0. The van der Waals surface area contributed by atoms with E-state index in [0.717, 1.165) is 0 Å². The van der Waals surface area contributed by atoms with Gasteiger partial charge in [-0.05, 0) is 0 Å². The molecule has 0 heterocycles. The van der Waals surface area contributed by atoms with Crippen LogP contribution >= 0.6 is 0 Å². The third kappa shape index (κ3) is 1.75. The molecule has 0 rings (SSSR count). The van der Waals surface area contributed by atoms with Gasteiger partial charge in [-0.2, -0.15) is 30.7 Å². The first-order chi connectivity index (χ1) is 6.39. The first kappa shape index (κ1) is 13.7. The molecule has 3 nitrogen and oxygen atoms in total. The second-order valence-electron chi connectivity index (χ2n) is 2.32. The zero-order valence-electron chi connectivity index (χ0n) is 6.41. The fourth-order valence-electron chi connectivity index (χ4n) is 0.710. The summed E-state index contributed by atoms with van der Waals surface area (Å²) in [5.74, 6) is -3.66. The Kier molecular flexibility index (Phi) is 3.05. The van der Waals surface area contributed by atoms with Crippen LogP contribution in [0, 0.1) is 5.41 Å². The quantitative estimate of drug-likeness (QED) is 0.455. The van der Waals surface area contributed by atoms with E-state index in [1.54, 1.807) is 0 Å². The fourth-order valence-corrected chi connectivity index (χ4v) is 0.710. The molecule has 0 aliphatic heterocycles. The van der Waals surface area contributed by atoms with E-state index in [0.29, 0.717) is 0 Å². The molecule has 0 fully saturated rings. The van der Waals surface area contributed by atoms with Crippen LogP contribution in [0.1, 0.15) is 0 Å². The highest BCUT2D eigenvalue weighted by atomic mass is 19.4. The lowest BCUT2D eigenvalue weighted by atomic mass is 9.87. The van der Waals surface area contributed by atoms with Crippen molar-refractivity contribution < 1.29 is 45.4 Å². The van der Waals surface area contributed by atoms with Crippen molar-refractivity contribution in [3.05, 3.63) is 0 Å². The molecule has 0 saturated heterocycles. The molecule has 0 aromatic carbocycles. The van der Waals surface area contributed by atoms with E-state index >= 15 is 0 Å². The van der Waals surface area contributed by atoms with E-state index in [9.17, 15) is 40.3 Å². The summed E-state index contributed by atoms with van der Waals surface area (Å²) in [6.07, 6.45) is -13.2. The van der Waals surface area contributed by atoms with E-state index in [1.807, 2.05) is 0 Å². The average Bonchev–Trinajstić information content (AvgIpc) is 1.75. The molecule has 0 aromatic heterocycles. The molecular weight excluding hydrogens is 241 g/mol. The molecule has 0 radical (unpaired) electrons. The van der Waals surface area contributed by atoms with Crippen LogP contribution in [0.2, 0.25) is 0 Å². The van der Waals surface area contributed by atoms with E-state index < -0.39 is 29.8 Å². The number of hydrogen-bond donors (Lipinski definition) is 1. The van der Waals surface area contributed by atoms with E-state index in [1.165, 1.54) is 0 Å². The number of carboxylic acids is 1. The van der Waals surface area contributed by atoms with Crippen LogP contribution in [0.3, 0.4) is 0 Å². The second kappa shape index (κ2) is 3.35. The summed E-state index contributed by atoms with van der Waals surface area (Å²) in [4.78, 5) is 19.6. The largest absolute Gasteiger partial charge is 0.480 e. The van der Waals surface area contributed by atoms with E-state index in [-0.39, 0.29) is 0 Å². The minimum atomic E-state index is -6.61.